The molecule has 1 aliphatic carbocycles. The molecule has 2 atom stereocenters. The number of aliphatic hydroxyl groups excluding tert-OH is 1. The summed E-state index contributed by atoms with van der Waals surface area (Å²) in [6.07, 6.45) is 10.2. The van der Waals surface area contributed by atoms with Gasteiger partial charge in [0, 0.05) is 17.9 Å². The van der Waals surface area contributed by atoms with Gasteiger partial charge in [0.05, 0.1) is 0 Å². The minimum Gasteiger partial charge on any atom is -0.396 e. The molecule has 0 aromatic carbocycles. The maximum Gasteiger partial charge on any atom is 0.124 e. The van der Waals surface area contributed by atoms with Crippen molar-refractivity contribution in [2.24, 2.45) is 17.3 Å². The van der Waals surface area contributed by atoms with E-state index in [4.69, 9.17) is 0 Å². The molecule has 0 bridgehead atoms. The van der Waals surface area contributed by atoms with E-state index in [1.807, 2.05) is 0 Å². The molecule has 0 aromatic rings. The van der Waals surface area contributed by atoms with Gasteiger partial charge in [-0.1, -0.05) is 38.8 Å². The first-order chi connectivity index (χ1) is 7.74. The van der Waals surface area contributed by atoms with Gasteiger partial charge in [-0.15, -0.1) is 0 Å². The van der Waals surface area contributed by atoms with Crippen LogP contribution in [-0.2, 0) is 4.79 Å². The number of carbonyl (C=O) groups excluding carboxylic acids is 1. The fourth-order valence-corrected chi connectivity index (χ4v) is 3.01. The van der Waals surface area contributed by atoms with E-state index >= 15 is 0 Å². The third-order valence-electron chi connectivity index (χ3n) is 4.23. The van der Waals surface area contributed by atoms with E-state index in [0.29, 0.717) is 5.92 Å². The minimum absolute atomic E-state index is 0.0115. The Hall–Kier alpha value is -0.630. The van der Waals surface area contributed by atoms with Gasteiger partial charge in [-0.2, -0.15) is 0 Å². The first kappa shape index (κ1) is 13.4. The number of hydrogen-bond donors (Lipinski definition) is 1. The average Bonchev–Trinajstić information content (AvgIpc) is 2.36. The van der Waals surface area contributed by atoms with Gasteiger partial charge < -0.3 is 9.90 Å². The largest absolute Gasteiger partial charge is 0.396 e. The van der Waals surface area contributed by atoms with Crippen LogP contribution in [0.4, 0.5) is 0 Å². The number of allylic oxidation sites excluding steroid dienone is 2. The fraction of sp³-hybridized carbons (Fsp3) is 0.786. The third-order valence-corrected chi connectivity index (χ3v) is 4.23. The first-order valence-electron chi connectivity index (χ1n) is 6.45. The number of aliphatic hydroxyl groups is 1. The van der Waals surface area contributed by atoms with Crippen LogP contribution in [0.15, 0.2) is 12.2 Å². The lowest BCUT2D eigenvalue weighted by molar-refractivity contribution is -0.120. The zero-order chi connectivity index (χ0) is 12.0. The molecule has 0 heterocycles. The van der Waals surface area contributed by atoms with Gasteiger partial charge >= 0.3 is 0 Å². The Balaban J connectivity index is 2.90. The van der Waals surface area contributed by atoms with Crippen molar-refractivity contribution in [3.63, 3.8) is 0 Å². The zero-order valence-corrected chi connectivity index (χ0v) is 10.5. The number of rotatable bonds is 6. The first-order valence-corrected chi connectivity index (χ1v) is 6.45. The summed E-state index contributed by atoms with van der Waals surface area (Å²) in [6, 6.07) is 0. The molecule has 1 aliphatic rings. The second-order valence-corrected chi connectivity index (χ2v) is 4.97. The van der Waals surface area contributed by atoms with Crippen LogP contribution < -0.4 is 0 Å². The van der Waals surface area contributed by atoms with Gasteiger partial charge in [-0.05, 0) is 25.2 Å². The quantitative estimate of drug-likeness (QED) is 0.556. The molecule has 92 valence electrons. The van der Waals surface area contributed by atoms with Crippen molar-refractivity contribution >= 4 is 6.29 Å². The zero-order valence-electron chi connectivity index (χ0n) is 10.5. The standard InChI is InChI=1S/C14H24O2/c1-3-12(4-2)13(10-15)14(11-16)8-6-5-7-9-14/h5-6,10,12-13,16H,3-4,7-9,11H2,1-2H3. The van der Waals surface area contributed by atoms with E-state index in [2.05, 4.69) is 26.0 Å². The lowest BCUT2D eigenvalue weighted by Crippen LogP contribution is -2.40. The lowest BCUT2D eigenvalue weighted by Gasteiger charge is -2.41. The van der Waals surface area contributed by atoms with Crippen molar-refractivity contribution in [1.82, 2.24) is 0 Å². The van der Waals surface area contributed by atoms with Gasteiger partial charge in [0.25, 0.3) is 0 Å². The van der Waals surface area contributed by atoms with Crippen LogP contribution in [0.3, 0.4) is 0 Å². The maximum absolute atomic E-state index is 11.4. The molecule has 1 rings (SSSR count). The van der Waals surface area contributed by atoms with Crippen molar-refractivity contribution in [3.05, 3.63) is 12.2 Å². The van der Waals surface area contributed by atoms with Crippen molar-refractivity contribution in [3.8, 4) is 0 Å². The molecule has 0 spiro atoms. The van der Waals surface area contributed by atoms with E-state index < -0.39 is 0 Å². The molecule has 0 fully saturated rings. The summed E-state index contributed by atoms with van der Waals surface area (Å²) >= 11 is 0. The number of hydrogen-bond acceptors (Lipinski definition) is 2. The van der Waals surface area contributed by atoms with Crippen LogP contribution >= 0.6 is 0 Å². The topological polar surface area (TPSA) is 37.3 Å². The van der Waals surface area contributed by atoms with E-state index in [1.54, 1.807) is 0 Å². The molecule has 0 radical (unpaired) electrons. The highest BCUT2D eigenvalue weighted by molar-refractivity contribution is 5.56. The Morgan fingerprint density at radius 2 is 2.06 bits per heavy atom. The highest BCUT2D eigenvalue weighted by Gasteiger charge is 2.40. The van der Waals surface area contributed by atoms with E-state index in [0.717, 1.165) is 38.4 Å². The van der Waals surface area contributed by atoms with Crippen LogP contribution in [0.2, 0.25) is 0 Å². The smallest absolute Gasteiger partial charge is 0.124 e. The van der Waals surface area contributed by atoms with Crippen LogP contribution in [0.5, 0.6) is 0 Å². The molecule has 0 saturated heterocycles. The van der Waals surface area contributed by atoms with Gasteiger partial charge in [0.1, 0.15) is 6.29 Å². The Kier molecular flexibility index (Phi) is 5.20. The van der Waals surface area contributed by atoms with Crippen molar-refractivity contribution in [1.29, 1.82) is 0 Å². The summed E-state index contributed by atoms with van der Waals surface area (Å²) in [5, 5.41) is 9.69. The summed E-state index contributed by atoms with van der Waals surface area (Å²) in [5.74, 6) is 0.425. The molecule has 0 aromatic heterocycles. The molecular formula is C14H24O2. The van der Waals surface area contributed by atoms with Gasteiger partial charge in [0.2, 0.25) is 0 Å². The predicted molar refractivity (Wildman–Crippen MR) is 66.1 cm³/mol. The molecule has 0 saturated carbocycles. The van der Waals surface area contributed by atoms with E-state index in [1.165, 1.54) is 0 Å². The molecule has 2 heteroatoms. The van der Waals surface area contributed by atoms with E-state index in [9.17, 15) is 9.90 Å². The summed E-state index contributed by atoms with van der Waals surface area (Å²) in [4.78, 5) is 11.4. The third kappa shape index (κ3) is 2.54. The van der Waals surface area contributed by atoms with Crippen LogP contribution in [0, 0.1) is 17.3 Å². The number of aldehydes is 1. The SMILES string of the molecule is CCC(CC)C(C=O)C1(CO)CC=CCC1. The second-order valence-electron chi connectivity index (χ2n) is 4.97. The monoisotopic (exact) mass is 224 g/mol. The fourth-order valence-electron chi connectivity index (χ4n) is 3.01. The molecule has 2 nitrogen and oxygen atoms in total. The van der Waals surface area contributed by atoms with E-state index in [-0.39, 0.29) is 17.9 Å². The summed E-state index contributed by atoms with van der Waals surface area (Å²) in [7, 11) is 0. The summed E-state index contributed by atoms with van der Waals surface area (Å²) in [5.41, 5.74) is -0.187. The molecule has 0 aliphatic heterocycles. The Morgan fingerprint density at radius 1 is 1.38 bits per heavy atom. The number of carbonyl (C=O) groups is 1. The second kappa shape index (κ2) is 6.19. The van der Waals surface area contributed by atoms with Gasteiger partial charge in [-0.25, -0.2) is 0 Å². The Labute approximate surface area is 98.7 Å². The summed E-state index contributed by atoms with van der Waals surface area (Å²) < 4.78 is 0. The van der Waals surface area contributed by atoms with Gasteiger partial charge in [-0.3, -0.25) is 0 Å². The molecule has 0 amide bonds. The van der Waals surface area contributed by atoms with Crippen molar-refractivity contribution in [2.75, 3.05) is 6.61 Å². The normalized spacial score (nSPS) is 27.0. The van der Waals surface area contributed by atoms with Crippen molar-refractivity contribution in [2.45, 2.75) is 46.0 Å². The lowest BCUT2D eigenvalue weighted by atomic mass is 9.63. The molecule has 1 N–H and O–H groups in total. The average molecular weight is 224 g/mol. The molecule has 2 unspecified atom stereocenters. The predicted octanol–water partition coefficient (Wildman–Crippen LogP) is 2.96. The highest BCUT2D eigenvalue weighted by Crippen LogP contribution is 2.43. The minimum atomic E-state index is -0.187. The highest BCUT2D eigenvalue weighted by atomic mass is 16.3. The Bertz CT molecular complexity index is 243. The Morgan fingerprint density at radius 3 is 2.44 bits per heavy atom. The van der Waals surface area contributed by atoms with Gasteiger partial charge in [0.15, 0.2) is 0 Å². The molecule has 16 heavy (non-hydrogen) atoms. The molecular weight excluding hydrogens is 200 g/mol. The van der Waals surface area contributed by atoms with Crippen molar-refractivity contribution < 1.29 is 9.90 Å². The van der Waals surface area contributed by atoms with Crippen LogP contribution in [-0.4, -0.2) is 18.0 Å². The summed E-state index contributed by atoms with van der Waals surface area (Å²) in [6.45, 7) is 4.40. The van der Waals surface area contributed by atoms with Crippen LogP contribution in [0.1, 0.15) is 46.0 Å². The van der Waals surface area contributed by atoms with Crippen LogP contribution in [0.25, 0.3) is 0 Å². The maximum atomic E-state index is 11.4.